The van der Waals surface area contributed by atoms with E-state index in [0.29, 0.717) is 0 Å². The first-order chi connectivity index (χ1) is 59.2. The molecule has 0 aromatic heterocycles. The Morgan fingerprint density at radius 1 is 0.108 bits per heavy atom. The number of nitrogens with zero attached hydrogens (tertiary/aromatic N) is 3. The van der Waals surface area contributed by atoms with Crippen LogP contribution in [0.1, 0.15) is 16.7 Å². The Morgan fingerprint density at radius 2 is 0.200 bits per heavy atom. The van der Waals surface area contributed by atoms with Gasteiger partial charge in [-0.3, -0.25) is 0 Å². The molecule has 19 aromatic rings. The largest absolute Gasteiger partial charge is 0.310 e. The molecule has 0 spiro atoms. The second-order valence-electron chi connectivity index (χ2n) is 30.9. The lowest BCUT2D eigenvalue weighted by atomic mass is 9.90. The van der Waals surface area contributed by atoms with E-state index in [4.69, 9.17) is 0 Å². The Balaban J connectivity index is 1.04. The first kappa shape index (κ1) is 74.7. The van der Waals surface area contributed by atoms with E-state index < -0.39 is 0 Å². The Labute approximate surface area is 705 Å². The number of benzene rings is 19. The first-order valence-electron chi connectivity index (χ1n) is 41.3. The zero-order chi connectivity index (χ0) is 80.7. The van der Waals surface area contributed by atoms with Crippen LogP contribution in [-0.4, -0.2) is 0 Å². The molecule has 19 aromatic carbocycles. The second-order valence-corrected chi connectivity index (χ2v) is 30.9. The van der Waals surface area contributed by atoms with Crippen molar-refractivity contribution in [3.63, 3.8) is 0 Å². The van der Waals surface area contributed by atoms with Gasteiger partial charge in [0.15, 0.2) is 0 Å². The maximum atomic E-state index is 2.63. The van der Waals surface area contributed by atoms with Crippen molar-refractivity contribution in [2.45, 2.75) is 20.8 Å². The summed E-state index contributed by atoms with van der Waals surface area (Å²) < 4.78 is 0. The number of anilines is 9. The fraction of sp³-hybridized carbons (Fsp3) is 0.0256. The molecule has 0 radical (unpaired) electrons. The minimum absolute atomic E-state index is 0.981. The van der Waals surface area contributed by atoms with Crippen molar-refractivity contribution < 1.29 is 0 Å². The predicted molar refractivity (Wildman–Crippen MR) is 510 cm³/mol. The van der Waals surface area contributed by atoms with Gasteiger partial charge < -0.3 is 14.7 Å². The standard InChI is InChI=1S/C117H87N3/c1-82-115(118(109-70-97(85-40-16-4-17-41-85)64-98(71-109)86-42-18-5-19-43-86)110-72-99(87-44-20-6-21-45-87)65-100(73-110)88-46-22-7-23-47-88)83(2)117(120(113-78-105(93-56-32-12-33-57-93)68-106(79-113)94-58-34-13-35-59-94)114-80-107(95-60-36-14-37-61-95)69-108(81-114)96-62-38-15-39-63-96)84(3)116(82)119(111-74-101(89-48-24-8-25-49-89)66-102(75-111)90-50-26-9-27-51-90)112-76-103(91-52-28-10-29-53-91)67-104(77-112)92-54-30-11-31-55-92/h4-81H,1-3H3. The molecule has 0 fully saturated rings. The molecule has 570 valence electrons. The fourth-order valence-corrected chi connectivity index (χ4v) is 17.4. The second kappa shape index (κ2) is 33.8. The first-order valence-corrected chi connectivity index (χ1v) is 41.3. The summed E-state index contributed by atoms with van der Waals surface area (Å²) in [5.74, 6) is 0. The molecule has 120 heavy (non-hydrogen) atoms. The van der Waals surface area contributed by atoms with Crippen LogP contribution >= 0.6 is 0 Å². The minimum Gasteiger partial charge on any atom is -0.310 e. The van der Waals surface area contributed by atoms with Crippen LogP contribution in [0.15, 0.2) is 473 Å². The summed E-state index contributed by atoms with van der Waals surface area (Å²) in [6.07, 6.45) is 0. The highest BCUT2D eigenvalue weighted by atomic mass is 15.2. The third-order valence-corrected chi connectivity index (χ3v) is 23.1. The number of hydrogen-bond acceptors (Lipinski definition) is 3. The van der Waals surface area contributed by atoms with Crippen molar-refractivity contribution in [1.82, 2.24) is 0 Å². The summed E-state index contributed by atoms with van der Waals surface area (Å²) in [6.45, 7) is 7.22. The number of rotatable bonds is 21. The molecule has 19 rings (SSSR count). The molecule has 0 aliphatic heterocycles. The van der Waals surface area contributed by atoms with E-state index in [9.17, 15) is 0 Å². The van der Waals surface area contributed by atoms with Gasteiger partial charge in [0.05, 0.1) is 17.1 Å². The van der Waals surface area contributed by atoms with Crippen LogP contribution in [0.2, 0.25) is 0 Å². The van der Waals surface area contributed by atoms with Gasteiger partial charge in [-0.25, -0.2) is 0 Å². The Bertz CT molecular complexity index is 5380. The molecule has 0 saturated heterocycles. The highest BCUT2D eigenvalue weighted by Gasteiger charge is 2.34. The van der Waals surface area contributed by atoms with Crippen molar-refractivity contribution in [3.05, 3.63) is 490 Å². The van der Waals surface area contributed by atoms with Gasteiger partial charge in [-0.2, -0.15) is 0 Å². The maximum absolute atomic E-state index is 2.63. The fourth-order valence-electron chi connectivity index (χ4n) is 17.4. The van der Waals surface area contributed by atoms with Gasteiger partial charge in [0, 0.05) is 34.1 Å². The van der Waals surface area contributed by atoms with Crippen molar-refractivity contribution in [2.75, 3.05) is 14.7 Å². The Morgan fingerprint density at radius 3 is 0.292 bits per heavy atom. The molecule has 0 aliphatic carbocycles. The molecular formula is C117H87N3. The van der Waals surface area contributed by atoms with E-state index >= 15 is 0 Å². The molecule has 0 saturated carbocycles. The van der Waals surface area contributed by atoms with E-state index in [1.54, 1.807) is 0 Å². The lowest BCUT2D eigenvalue weighted by Crippen LogP contribution is -2.22. The summed E-state index contributed by atoms with van der Waals surface area (Å²) in [5, 5.41) is 0. The molecule has 3 heteroatoms. The summed E-state index contributed by atoms with van der Waals surface area (Å²) in [5.41, 5.74) is 38.3. The lowest BCUT2D eigenvalue weighted by Gasteiger charge is -2.39. The third kappa shape index (κ3) is 15.6. The van der Waals surface area contributed by atoms with Crippen molar-refractivity contribution in [2.24, 2.45) is 0 Å². The zero-order valence-electron chi connectivity index (χ0n) is 67.4. The summed E-state index contributed by atoms with van der Waals surface area (Å²) in [6, 6.07) is 175. The Hall–Kier alpha value is -15.4. The topological polar surface area (TPSA) is 9.72 Å². The molecule has 0 N–H and O–H groups in total. The van der Waals surface area contributed by atoms with Crippen LogP contribution in [0.3, 0.4) is 0 Å². The van der Waals surface area contributed by atoms with E-state index in [2.05, 4.69) is 509 Å². The summed E-state index contributed by atoms with van der Waals surface area (Å²) in [7, 11) is 0. The van der Waals surface area contributed by atoms with E-state index in [-0.39, 0.29) is 0 Å². The zero-order valence-corrected chi connectivity index (χ0v) is 67.4. The quantitative estimate of drug-likeness (QED) is 0.0710. The molecule has 0 heterocycles. The monoisotopic (exact) mass is 1530 g/mol. The van der Waals surface area contributed by atoms with Crippen LogP contribution < -0.4 is 14.7 Å². The average Bonchev–Trinajstić information content (AvgIpc) is 0.718. The number of hydrogen-bond donors (Lipinski definition) is 0. The molecule has 0 unspecified atom stereocenters. The lowest BCUT2D eigenvalue weighted by molar-refractivity contribution is 1.14. The van der Waals surface area contributed by atoms with Gasteiger partial charge in [-0.05, 0) is 280 Å². The molecule has 0 amide bonds. The highest BCUT2D eigenvalue weighted by Crippen LogP contribution is 2.57. The predicted octanol–water partition coefficient (Wildman–Crippen LogP) is 33.0. The van der Waals surface area contributed by atoms with E-state index in [0.717, 1.165) is 201 Å². The van der Waals surface area contributed by atoms with Crippen LogP contribution in [-0.2, 0) is 0 Å². The van der Waals surface area contributed by atoms with E-state index in [1.807, 2.05) is 0 Å². The van der Waals surface area contributed by atoms with Gasteiger partial charge >= 0.3 is 0 Å². The highest BCUT2D eigenvalue weighted by molar-refractivity contribution is 6.02. The normalized spacial score (nSPS) is 11.1. The van der Waals surface area contributed by atoms with Gasteiger partial charge in [0.25, 0.3) is 0 Å². The van der Waals surface area contributed by atoms with Gasteiger partial charge in [0.2, 0.25) is 0 Å². The van der Waals surface area contributed by atoms with Gasteiger partial charge in [-0.1, -0.05) is 364 Å². The van der Waals surface area contributed by atoms with Gasteiger partial charge in [-0.15, -0.1) is 0 Å². The van der Waals surface area contributed by atoms with Crippen molar-refractivity contribution in [1.29, 1.82) is 0 Å². The SMILES string of the molecule is Cc1c(N(c2cc(-c3ccccc3)cc(-c3ccccc3)c2)c2cc(-c3ccccc3)cc(-c3ccccc3)c2)c(C)c(N(c2cc(-c3ccccc3)cc(-c3ccccc3)c2)c2cc(-c3ccccc3)cc(-c3ccccc3)c2)c(C)c1N(c1cc(-c2ccccc2)cc(-c2ccccc2)c1)c1cc(-c2ccccc2)cc(-c2ccccc2)c1. The Kier molecular flexibility index (Phi) is 21.0. The molecule has 0 bridgehead atoms. The summed E-state index contributed by atoms with van der Waals surface area (Å²) >= 11 is 0. The molecule has 3 nitrogen and oxygen atoms in total. The third-order valence-electron chi connectivity index (χ3n) is 23.1. The van der Waals surface area contributed by atoms with Crippen LogP contribution in [0.25, 0.3) is 134 Å². The molecule has 0 aliphatic rings. The van der Waals surface area contributed by atoms with Gasteiger partial charge in [0.1, 0.15) is 0 Å². The summed E-state index contributed by atoms with van der Waals surface area (Å²) in [4.78, 5) is 7.88. The molecule has 0 atom stereocenters. The van der Waals surface area contributed by atoms with Crippen molar-refractivity contribution in [3.8, 4) is 134 Å². The van der Waals surface area contributed by atoms with Crippen LogP contribution in [0, 0.1) is 20.8 Å². The van der Waals surface area contributed by atoms with Crippen LogP contribution in [0.5, 0.6) is 0 Å². The minimum atomic E-state index is 0.981. The van der Waals surface area contributed by atoms with Crippen molar-refractivity contribution >= 4 is 51.2 Å². The molecular weight excluding hydrogens is 1450 g/mol. The smallest absolute Gasteiger partial charge is 0.0562 e. The van der Waals surface area contributed by atoms with E-state index in [1.165, 1.54) is 0 Å². The average molecular weight is 1540 g/mol. The maximum Gasteiger partial charge on any atom is 0.0562 e. The van der Waals surface area contributed by atoms with Crippen LogP contribution in [0.4, 0.5) is 51.2 Å².